The summed E-state index contributed by atoms with van der Waals surface area (Å²) in [6.45, 7) is 5.66. The number of hydrogen-bond acceptors (Lipinski definition) is 3. The number of rotatable bonds is 4. The van der Waals surface area contributed by atoms with E-state index in [2.05, 4.69) is 10.6 Å². The molecule has 0 unspecified atom stereocenters. The van der Waals surface area contributed by atoms with E-state index in [1.165, 1.54) is 16.0 Å². The van der Waals surface area contributed by atoms with Gasteiger partial charge < -0.3 is 15.5 Å². The van der Waals surface area contributed by atoms with Gasteiger partial charge in [-0.05, 0) is 50.1 Å². The lowest BCUT2D eigenvalue weighted by Gasteiger charge is -2.21. The number of hydrogen-bond donors (Lipinski definition) is 2. The third kappa shape index (κ3) is 4.04. The normalized spacial score (nSPS) is 13.7. The summed E-state index contributed by atoms with van der Waals surface area (Å²) in [6, 6.07) is 5.88. The predicted octanol–water partition coefficient (Wildman–Crippen LogP) is 0.929. The van der Waals surface area contributed by atoms with E-state index < -0.39 is 0 Å². The lowest BCUT2D eigenvalue weighted by molar-refractivity contribution is -0.122. The van der Waals surface area contributed by atoms with Crippen LogP contribution in [0, 0.1) is 0 Å². The van der Waals surface area contributed by atoms with Crippen molar-refractivity contribution in [1.29, 1.82) is 0 Å². The van der Waals surface area contributed by atoms with Crippen LogP contribution >= 0.6 is 0 Å². The first-order valence-electron chi connectivity index (χ1n) is 7.34. The zero-order valence-electron chi connectivity index (χ0n) is 12.9. The van der Waals surface area contributed by atoms with Crippen molar-refractivity contribution >= 4 is 11.8 Å². The molecule has 0 aromatic heterocycles. The highest BCUT2D eigenvalue weighted by Gasteiger charge is 2.17. The monoisotopic (exact) mass is 289 g/mol. The quantitative estimate of drug-likeness (QED) is 0.867. The molecule has 114 valence electrons. The second kappa shape index (κ2) is 6.72. The smallest absolute Gasteiger partial charge is 0.254 e. The molecular weight excluding hydrogens is 266 g/mol. The number of fused-ring (bicyclic) bond motifs is 1. The van der Waals surface area contributed by atoms with Crippen LogP contribution in [-0.4, -0.2) is 42.9 Å². The van der Waals surface area contributed by atoms with Gasteiger partial charge in [-0.3, -0.25) is 9.59 Å². The molecule has 2 N–H and O–H groups in total. The summed E-state index contributed by atoms with van der Waals surface area (Å²) in [7, 11) is 1.65. The molecule has 0 fully saturated rings. The number of nitrogens with zero attached hydrogens (tertiary/aromatic N) is 1. The van der Waals surface area contributed by atoms with Gasteiger partial charge in [0.2, 0.25) is 5.91 Å². The number of amides is 2. The van der Waals surface area contributed by atoms with E-state index >= 15 is 0 Å². The van der Waals surface area contributed by atoms with E-state index in [9.17, 15) is 9.59 Å². The fourth-order valence-corrected chi connectivity index (χ4v) is 2.49. The lowest BCUT2D eigenvalue weighted by atomic mass is 9.98. The molecule has 1 aliphatic rings. The summed E-state index contributed by atoms with van der Waals surface area (Å²) >= 11 is 0. The summed E-state index contributed by atoms with van der Waals surface area (Å²) in [6.07, 6.45) is 0.996. The summed E-state index contributed by atoms with van der Waals surface area (Å²) in [4.78, 5) is 25.5. The maximum absolute atomic E-state index is 12.4. The van der Waals surface area contributed by atoms with Crippen molar-refractivity contribution in [2.75, 3.05) is 20.1 Å². The van der Waals surface area contributed by atoms with Gasteiger partial charge in [0.25, 0.3) is 5.91 Å². The Labute approximate surface area is 125 Å². The van der Waals surface area contributed by atoms with Crippen molar-refractivity contribution in [3.8, 4) is 0 Å². The molecular formula is C16H23N3O2. The van der Waals surface area contributed by atoms with E-state index in [0.29, 0.717) is 5.56 Å². The van der Waals surface area contributed by atoms with E-state index in [1.807, 2.05) is 32.0 Å². The summed E-state index contributed by atoms with van der Waals surface area (Å²) < 4.78 is 0. The summed E-state index contributed by atoms with van der Waals surface area (Å²) in [5.74, 6) is -0.261. The van der Waals surface area contributed by atoms with Crippen LogP contribution in [0.2, 0.25) is 0 Å². The van der Waals surface area contributed by atoms with Crippen LogP contribution in [0.15, 0.2) is 18.2 Å². The van der Waals surface area contributed by atoms with Crippen LogP contribution in [0.1, 0.15) is 35.3 Å². The molecule has 5 nitrogen and oxygen atoms in total. The predicted molar refractivity (Wildman–Crippen MR) is 82.1 cm³/mol. The average molecular weight is 289 g/mol. The van der Waals surface area contributed by atoms with Crippen molar-refractivity contribution in [2.24, 2.45) is 0 Å². The van der Waals surface area contributed by atoms with Crippen LogP contribution in [0.4, 0.5) is 0 Å². The van der Waals surface area contributed by atoms with Gasteiger partial charge in [0.05, 0.1) is 6.54 Å². The average Bonchev–Trinajstić information content (AvgIpc) is 2.45. The van der Waals surface area contributed by atoms with E-state index in [1.54, 1.807) is 7.05 Å². The first-order valence-corrected chi connectivity index (χ1v) is 7.34. The van der Waals surface area contributed by atoms with Crippen LogP contribution in [0.5, 0.6) is 0 Å². The van der Waals surface area contributed by atoms with Crippen LogP contribution < -0.4 is 10.6 Å². The van der Waals surface area contributed by atoms with Crippen LogP contribution in [0.3, 0.4) is 0 Å². The first-order chi connectivity index (χ1) is 9.97. The van der Waals surface area contributed by atoms with Gasteiger partial charge in [0.1, 0.15) is 0 Å². The molecule has 0 atom stereocenters. The minimum Gasteiger partial charge on any atom is -0.352 e. The van der Waals surface area contributed by atoms with Gasteiger partial charge in [0.15, 0.2) is 0 Å². The molecule has 1 aromatic rings. The molecule has 2 rings (SSSR count). The number of carbonyl (C=O) groups is 2. The highest BCUT2D eigenvalue weighted by molar-refractivity contribution is 5.96. The fraction of sp³-hybridized carbons (Fsp3) is 0.500. The molecule has 5 heteroatoms. The molecule has 2 amide bonds. The van der Waals surface area contributed by atoms with Gasteiger partial charge in [0, 0.05) is 25.2 Å². The molecule has 0 spiro atoms. The lowest BCUT2D eigenvalue weighted by Crippen LogP contribution is -2.40. The Kier molecular flexibility index (Phi) is 4.96. The van der Waals surface area contributed by atoms with E-state index in [0.717, 1.165) is 19.5 Å². The fourth-order valence-electron chi connectivity index (χ4n) is 2.49. The molecule has 0 aliphatic carbocycles. The zero-order valence-corrected chi connectivity index (χ0v) is 12.9. The van der Waals surface area contributed by atoms with E-state index in [-0.39, 0.29) is 24.4 Å². The van der Waals surface area contributed by atoms with Gasteiger partial charge >= 0.3 is 0 Å². The van der Waals surface area contributed by atoms with Gasteiger partial charge in [-0.1, -0.05) is 6.07 Å². The number of likely N-dealkylation sites (N-methyl/N-ethyl adjacent to an activating group) is 1. The number of carbonyl (C=O) groups excluding carboxylic acids is 2. The first kappa shape index (κ1) is 15.5. The summed E-state index contributed by atoms with van der Waals surface area (Å²) in [5, 5.41) is 6.09. The SMILES string of the molecule is CC(C)NC(=O)CN(C)C(=O)c1ccc2c(c1)CNCC2. The number of nitrogens with one attached hydrogen (secondary N) is 2. The summed E-state index contributed by atoms with van der Waals surface area (Å²) in [5.41, 5.74) is 3.11. The molecule has 0 radical (unpaired) electrons. The molecule has 1 heterocycles. The van der Waals surface area contributed by atoms with Crippen molar-refractivity contribution in [2.45, 2.75) is 32.9 Å². The second-order valence-electron chi connectivity index (χ2n) is 5.79. The second-order valence-corrected chi connectivity index (χ2v) is 5.79. The molecule has 21 heavy (non-hydrogen) atoms. The van der Waals surface area contributed by atoms with Crippen molar-refractivity contribution < 1.29 is 9.59 Å². The van der Waals surface area contributed by atoms with Crippen molar-refractivity contribution in [1.82, 2.24) is 15.5 Å². The molecule has 0 saturated heterocycles. The molecule has 1 aliphatic heterocycles. The third-order valence-corrected chi connectivity index (χ3v) is 3.52. The van der Waals surface area contributed by atoms with Gasteiger partial charge in [-0.2, -0.15) is 0 Å². The molecule has 0 saturated carbocycles. The van der Waals surface area contributed by atoms with Crippen molar-refractivity contribution in [3.63, 3.8) is 0 Å². The Morgan fingerprint density at radius 1 is 1.33 bits per heavy atom. The molecule has 0 bridgehead atoms. The number of benzene rings is 1. The van der Waals surface area contributed by atoms with Crippen LogP contribution in [-0.2, 0) is 17.8 Å². The topological polar surface area (TPSA) is 61.4 Å². The maximum Gasteiger partial charge on any atom is 0.254 e. The standard InChI is InChI=1S/C16H23N3O2/c1-11(2)18-15(20)10-19(3)16(21)13-5-4-12-6-7-17-9-14(12)8-13/h4-5,8,11,17H,6-7,9-10H2,1-3H3,(H,18,20). The van der Waals surface area contributed by atoms with Gasteiger partial charge in [-0.25, -0.2) is 0 Å². The highest BCUT2D eigenvalue weighted by Crippen LogP contribution is 2.16. The Balaban J connectivity index is 2.03. The minimum atomic E-state index is -0.138. The van der Waals surface area contributed by atoms with Gasteiger partial charge in [-0.15, -0.1) is 0 Å². The van der Waals surface area contributed by atoms with Crippen LogP contribution in [0.25, 0.3) is 0 Å². The van der Waals surface area contributed by atoms with E-state index in [4.69, 9.17) is 0 Å². The Bertz CT molecular complexity index is 540. The Morgan fingerprint density at radius 3 is 2.81 bits per heavy atom. The Morgan fingerprint density at radius 2 is 2.10 bits per heavy atom. The minimum absolute atomic E-state index is 0.0757. The molecule has 1 aromatic carbocycles. The zero-order chi connectivity index (χ0) is 15.4. The highest BCUT2D eigenvalue weighted by atomic mass is 16.2. The third-order valence-electron chi connectivity index (χ3n) is 3.52. The largest absolute Gasteiger partial charge is 0.352 e. The Hall–Kier alpha value is -1.88. The van der Waals surface area contributed by atoms with Crippen molar-refractivity contribution in [3.05, 3.63) is 34.9 Å². The maximum atomic E-state index is 12.4.